The Hall–Kier alpha value is -3.75. The molecule has 0 fully saturated rings. The van der Waals surface area contributed by atoms with Crippen LogP contribution in [0.3, 0.4) is 0 Å². The van der Waals surface area contributed by atoms with Crippen LogP contribution in [0.2, 0.25) is 0 Å². The molecule has 4 heterocycles. The average Bonchev–Trinajstić information content (AvgIpc) is 3.37. The maximum absolute atomic E-state index is 13.4. The maximum atomic E-state index is 13.4. The second kappa shape index (κ2) is 8.55. The Morgan fingerprint density at radius 1 is 1.12 bits per heavy atom. The molecule has 9 nitrogen and oxygen atoms in total. The molecule has 1 aliphatic rings. The normalized spacial score (nSPS) is 14.9. The Bertz CT molecular complexity index is 1450. The van der Waals surface area contributed by atoms with Gasteiger partial charge in [-0.3, -0.25) is 14.0 Å². The van der Waals surface area contributed by atoms with E-state index in [0.29, 0.717) is 54.5 Å². The molecule has 0 saturated carbocycles. The summed E-state index contributed by atoms with van der Waals surface area (Å²) in [6.07, 6.45) is 1.01. The number of nitrogens with zero attached hydrogens (tertiary/aromatic N) is 3. The van der Waals surface area contributed by atoms with Crippen LogP contribution in [0.4, 0.5) is 0 Å². The molecular formula is C25H28N4O5. The molecule has 3 aromatic heterocycles. The molecule has 9 heteroatoms. The van der Waals surface area contributed by atoms with E-state index in [1.165, 1.54) is 4.68 Å². The van der Waals surface area contributed by atoms with Gasteiger partial charge in [-0.15, -0.1) is 0 Å². The van der Waals surface area contributed by atoms with Gasteiger partial charge in [0.25, 0.3) is 5.56 Å². The van der Waals surface area contributed by atoms with Gasteiger partial charge in [0.1, 0.15) is 36.4 Å². The molecule has 1 amide bonds. The van der Waals surface area contributed by atoms with Crippen LogP contribution in [0, 0.1) is 6.92 Å². The predicted octanol–water partition coefficient (Wildman–Crippen LogP) is 3.71. The lowest BCUT2D eigenvalue weighted by Gasteiger charge is -2.23. The van der Waals surface area contributed by atoms with Gasteiger partial charge in [-0.1, -0.05) is 19.9 Å². The number of ether oxygens (including phenoxy) is 2. The first-order chi connectivity index (χ1) is 16.4. The van der Waals surface area contributed by atoms with Crippen molar-refractivity contribution in [3.63, 3.8) is 0 Å². The molecule has 34 heavy (non-hydrogen) atoms. The van der Waals surface area contributed by atoms with E-state index in [-0.39, 0.29) is 17.5 Å². The maximum Gasteiger partial charge on any atom is 0.291 e. The highest BCUT2D eigenvalue weighted by atomic mass is 16.6. The van der Waals surface area contributed by atoms with Gasteiger partial charge in [-0.25, -0.2) is 4.68 Å². The Kier molecular flexibility index (Phi) is 5.55. The molecule has 0 bridgehead atoms. The summed E-state index contributed by atoms with van der Waals surface area (Å²) in [5, 5.41) is 7.64. The van der Waals surface area contributed by atoms with Gasteiger partial charge >= 0.3 is 0 Å². The van der Waals surface area contributed by atoms with E-state index in [0.717, 1.165) is 16.8 Å². The third-order valence-corrected chi connectivity index (χ3v) is 6.25. The first kappa shape index (κ1) is 22.1. The lowest BCUT2D eigenvalue weighted by atomic mass is 10.1. The second-order valence-corrected chi connectivity index (χ2v) is 8.55. The smallest absolute Gasteiger partial charge is 0.291 e. The molecular weight excluding hydrogens is 436 g/mol. The van der Waals surface area contributed by atoms with Gasteiger partial charge in [0, 0.05) is 18.6 Å². The van der Waals surface area contributed by atoms with E-state index in [1.807, 2.05) is 56.4 Å². The Morgan fingerprint density at radius 3 is 2.62 bits per heavy atom. The van der Waals surface area contributed by atoms with Crippen molar-refractivity contribution < 1.29 is 18.7 Å². The summed E-state index contributed by atoms with van der Waals surface area (Å²) in [5.74, 6) is 2.56. The molecule has 178 valence electrons. The van der Waals surface area contributed by atoms with Crippen molar-refractivity contribution in [1.82, 2.24) is 19.5 Å². The van der Waals surface area contributed by atoms with Gasteiger partial charge in [0.2, 0.25) is 5.91 Å². The van der Waals surface area contributed by atoms with Crippen molar-refractivity contribution >= 4 is 22.5 Å². The molecule has 1 aliphatic heterocycles. The quantitative estimate of drug-likeness (QED) is 0.467. The molecule has 0 aliphatic carbocycles. The number of amides is 1. The summed E-state index contributed by atoms with van der Waals surface area (Å²) in [4.78, 5) is 26.7. The number of aryl methyl sites for hydroxylation is 2. The van der Waals surface area contributed by atoms with Crippen LogP contribution < -0.4 is 20.3 Å². The number of carbonyl (C=O) groups is 1. The monoisotopic (exact) mass is 464 g/mol. The van der Waals surface area contributed by atoms with Crippen molar-refractivity contribution in [3.8, 4) is 11.5 Å². The van der Waals surface area contributed by atoms with Crippen LogP contribution in [0.25, 0.3) is 16.6 Å². The molecule has 5 rings (SSSR count). The lowest BCUT2D eigenvalue weighted by molar-refractivity contribution is -0.125. The molecule has 4 aromatic rings. The molecule has 1 aromatic carbocycles. The number of furan rings is 1. The number of benzene rings is 1. The van der Waals surface area contributed by atoms with E-state index in [9.17, 15) is 9.59 Å². The third kappa shape index (κ3) is 3.61. The first-order valence-corrected chi connectivity index (χ1v) is 11.6. The standard InChI is InChI=1S/C25H28N4O5/c1-5-17(24(30)26-15(4)16-7-8-20-22(12-16)33-10-9-32-20)29-25(31)19-13-21-18(11-14(3)34-21)28(19)23(6-2)27-29/h7-8,11-13,15,17H,5-6,9-10H2,1-4H3,(H,26,30)/t15-,17+/m1/s1. The lowest BCUT2D eigenvalue weighted by Crippen LogP contribution is -2.40. The van der Waals surface area contributed by atoms with Crippen LogP contribution in [0.5, 0.6) is 11.5 Å². The minimum absolute atomic E-state index is 0.267. The summed E-state index contributed by atoms with van der Waals surface area (Å²) in [7, 11) is 0. The number of aromatic nitrogens is 3. The minimum Gasteiger partial charge on any atom is -0.486 e. The molecule has 0 spiro atoms. The number of fused-ring (bicyclic) bond motifs is 4. The van der Waals surface area contributed by atoms with E-state index in [1.54, 1.807) is 6.07 Å². The molecule has 1 N–H and O–H groups in total. The van der Waals surface area contributed by atoms with Crippen LogP contribution in [-0.2, 0) is 11.2 Å². The predicted molar refractivity (Wildman–Crippen MR) is 127 cm³/mol. The highest BCUT2D eigenvalue weighted by molar-refractivity contribution is 5.84. The Labute approximate surface area is 196 Å². The van der Waals surface area contributed by atoms with E-state index in [4.69, 9.17) is 13.9 Å². The Morgan fingerprint density at radius 2 is 1.88 bits per heavy atom. The first-order valence-electron chi connectivity index (χ1n) is 11.6. The van der Waals surface area contributed by atoms with Crippen LogP contribution in [0.1, 0.15) is 56.4 Å². The number of carbonyl (C=O) groups excluding carboxylic acids is 1. The van der Waals surface area contributed by atoms with Crippen molar-refractivity contribution in [1.29, 1.82) is 0 Å². The van der Waals surface area contributed by atoms with Crippen LogP contribution in [0.15, 0.2) is 39.5 Å². The van der Waals surface area contributed by atoms with E-state index >= 15 is 0 Å². The largest absolute Gasteiger partial charge is 0.486 e. The highest BCUT2D eigenvalue weighted by Crippen LogP contribution is 2.32. The Balaban J connectivity index is 1.47. The van der Waals surface area contributed by atoms with Gasteiger partial charge in [0.05, 0.1) is 11.6 Å². The molecule has 0 unspecified atom stereocenters. The van der Waals surface area contributed by atoms with E-state index in [2.05, 4.69) is 10.4 Å². The number of nitrogens with one attached hydrogen (secondary N) is 1. The summed E-state index contributed by atoms with van der Waals surface area (Å²) >= 11 is 0. The fourth-order valence-electron chi connectivity index (χ4n) is 4.51. The zero-order valence-electron chi connectivity index (χ0n) is 19.8. The zero-order valence-corrected chi connectivity index (χ0v) is 19.8. The van der Waals surface area contributed by atoms with Crippen molar-refractivity contribution in [2.24, 2.45) is 0 Å². The van der Waals surface area contributed by atoms with Gasteiger partial charge < -0.3 is 19.2 Å². The highest BCUT2D eigenvalue weighted by Gasteiger charge is 2.26. The molecule has 0 saturated heterocycles. The molecule has 0 radical (unpaired) electrons. The fraction of sp³-hybridized carbons (Fsp3) is 0.400. The zero-order chi connectivity index (χ0) is 24.0. The van der Waals surface area contributed by atoms with Crippen LogP contribution in [-0.4, -0.2) is 33.3 Å². The van der Waals surface area contributed by atoms with Crippen LogP contribution >= 0.6 is 0 Å². The van der Waals surface area contributed by atoms with E-state index < -0.39 is 6.04 Å². The number of hydrogen-bond acceptors (Lipinski definition) is 6. The summed E-state index contributed by atoms with van der Waals surface area (Å²) < 4.78 is 20.1. The molecule has 2 atom stereocenters. The average molecular weight is 465 g/mol. The van der Waals surface area contributed by atoms with Crippen molar-refractivity contribution in [2.45, 2.75) is 52.6 Å². The van der Waals surface area contributed by atoms with Crippen molar-refractivity contribution in [3.05, 3.63) is 57.8 Å². The van der Waals surface area contributed by atoms with Crippen molar-refractivity contribution in [2.75, 3.05) is 13.2 Å². The number of hydrogen-bond donors (Lipinski definition) is 1. The van der Waals surface area contributed by atoms with Gasteiger partial charge in [0.15, 0.2) is 17.1 Å². The summed E-state index contributed by atoms with van der Waals surface area (Å²) in [5.41, 5.74) is 2.46. The topological polar surface area (TPSA) is 100 Å². The SMILES string of the molecule is CCc1nn([C@@H](CC)C(=O)N[C@H](C)c2ccc3c(c2)OCCO3)c(=O)c2cc3oc(C)cc3n12. The number of rotatable bonds is 6. The minimum atomic E-state index is -0.745. The fourth-order valence-corrected chi connectivity index (χ4v) is 4.51. The van der Waals surface area contributed by atoms with Gasteiger partial charge in [-0.05, 0) is 38.0 Å². The second-order valence-electron chi connectivity index (χ2n) is 8.55. The third-order valence-electron chi connectivity index (χ3n) is 6.25. The summed E-state index contributed by atoms with van der Waals surface area (Å²) in [6, 6.07) is 8.22. The summed E-state index contributed by atoms with van der Waals surface area (Å²) in [6.45, 7) is 8.63. The van der Waals surface area contributed by atoms with Gasteiger partial charge in [-0.2, -0.15) is 5.10 Å².